The Labute approximate surface area is 118 Å². The van der Waals surface area contributed by atoms with Gasteiger partial charge in [0.05, 0.1) is 24.7 Å². The fourth-order valence-electron chi connectivity index (χ4n) is 1.57. The molecule has 2 aromatic heterocycles. The summed E-state index contributed by atoms with van der Waals surface area (Å²) in [6, 6.07) is 3.75. The second-order valence-corrected chi connectivity index (χ2v) is 4.09. The summed E-state index contributed by atoms with van der Waals surface area (Å²) in [7, 11) is 1.64. The topological polar surface area (TPSA) is 61.2 Å². The van der Waals surface area contributed by atoms with Crippen molar-refractivity contribution in [1.82, 2.24) is 14.8 Å². The Hall–Kier alpha value is -2.34. The number of hydrogen-bond donors (Lipinski definition) is 1. The molecule has 0 bridgehead atoms. The van der Waals surface area contributed by atoms with Crippen LogP contribution in [-0.4, -0.2) is 35.1 Å². The first kappa shape index (κ1) is 14.1. The summed E-state index contributed by atoms with van der Waals surface area (Å²) in [6.07, 6.45) is 7.09. The molecule has 0 aromatic carbocycles. The molecule has 0 saturated heterocycles. The van der Waals surface area contributed by atoms with Gasteiger partial charge >= 0.3 is 0 Å². The molecule has 0 aliphatic carbocycles. The summed E-state index contributed by atoms with van der Waals surface area (Å²) in [5, 5.41) is 7.38. The van der Waals surface area contributed by atoms with Gasteiger partial charge in [-0.1, -0.05) is 6.58 Å². The smallest absolute Gasteiger partial charge is 0.213 e. The van der Waals surface area contributed by atoms with E-state index in [4.69, 9.17) is 9.47 Å². The molecule has 6 nitrogen and oxygen atoms in total. The third-order valence-corrected chi connectivity index (χ3v) is 2.61. The highest BCUT2D eigenvalue weighted by atomic mass is 16.5. The van der Waals surface area contributed by atoms with E-state index in [0.29, 0.717) is 25.6 Å². The highest BCUT2D eigenvalue weighted by Crippen LogP contribution is 2.12. The highest BCUT2D eigenvalue weighted by molar-refractivity contribution is 5.42. The Morgan fingerprint density at radius 3 is 2.90 bits per heavy atom. The van der Waals surface area contributed by atoms with Crippen molar-refractivity contribution >= 4 is 11.9 Å². The van der Waals surface area contributed by atoms with E-state index >= 15 is 0 Å². The summed E-state index contributed by atoms with van der Waals surface area (Å²) < 4.78 is 12.0. The van der Waals surface area contributed by atoms with Crippen LogP contribution >= 0.6 is 0 Å². The van der Waals surface area contributed by atoms with Gasteiger partial charge in [0.25, 0.3) is 0 Å². The Morgan fingerprint density at radius 2 is 2.25 bits per heavy atom. The van der Waals surface area contributed by atoms with Crippen LogP contribution in [0.5, 0.6) is 5.88 Å². The molecule has 20 heavy (non-hydrogen) atoms. The number of anilines is 1. The Balaban J connectivity index is 1.82. The van der Waals surface area contributed by atoms with Gasteiger partial charge in [-0.15, -0.1) is 0 Å². The molecular weight excluding hydrogens is 256 g/mol. The van der Waals surface area contributed by atoms with Crippen LogP contribution in [0.15, 0.2) is 37.3 Å². The Kier molecular flexibility index (Phi) is 5.14. The number of nitrogens with one attached hydrogen (secondary N) is 1. The fraction of sp³-hybridized carbons (Fsp3) is 0.286. The Morgan fingerprint density at radius 1 is 1.35 bits per heavy atom. The zero-order chi connectivity index (χ0) is 14.2. The summed E-state index contributed by atoms with van der Waals surface area (Å²) >= 11 is 0. The number of rotatable bonds is 8. The maximum atomic E-state index is 5.39. The molecule has 6 heteroatoms. The quantitative estimate of drug-likeness (QED) is 0.746. The van der Waals surface area contributed by atoms with Crippen LogP contribution in [0.4, 0.5) is 5.69 Å². The minimum Gasteiger partial charge on any atom is -0.475 e. The van der Waals surface area contributed by atoms with Crippen molar-refractivity contribution in [1.29, 1.82) is 0 Å². The lowest BCUT2D eigenvalue weighted by molar-refractivity contribution is 0.144. The molecule has 106 valence electrons. The summed E-state index contributed by atoms with van der Waals surface area (Å²) in [6.45, 7) is 5.38. The van der Waals surface area contributed by atoms with Crippen LogP contribution in [0.3, 0.4) is 0 Å². The lowest BCUT2D eigenvalue weighted by atomic mass is 10.3. The molecule has 0 unspecified atom stereocenters. The van der Waals surface area contributed by atoms with Gasteiger partial charge in [-0.2, -0.15) is 5.10 Å². The largest absolute Gasteiger partial charge is 0.475 e. The van der Waals surface area contributed by atoms with Gasteiger partial charge in [-0.05, 0) is 6.07 Å². The second kappa shape index (κ2) is 7.30. The molecule has 2 heterocycles. The van der Waals surface area contributed by atoms with E-state index in [0.717, 1.165) is 11.3 Å². The lowest BCUT2D eigenvalue weighted by Crippen LogP contribution is -2.05. The minimum absolute atomic E-state index is 0.497. The third kappa shape index (κ3) is 4.10. The SMILES string of the molecule is C=Cn1cc(CNc2ccc(OCCOC)nc2)cn1. The molecular formula is C14H18N4O2. The van der Waals surface area contributed by atoms with E-state index in [1.165, 1.54) is 0 Å². The third-order valence-electron chi connectivity index (χ3n) is 2.61. The molecule has 0 amide bonds. The van der Waals surface area contributed by atoms with Gasteiger partial charge in [0, 0.05) is 37.7 Å². The molecule has 0 radical (unpaired) electrons. The van der Waals surface area contributed by atoms with Crippen LogP contribution in [0.2, 0.25) is 0 Å². The van der Waals surface area contributed by atoms with Crippen LogP contribution in [0.25, 0.3) is 6.20 Å². The zero-order valence-corrected chi connectivity index (χ0v) is 11.5. The Bertz CT molecular complexity index is 536. The summed E-state index contributed by atoms with van der Waals surface area (Å²) in [5.74, 6) is 0.590. The van der Waals surface area contributed by atoms with Crippen molar-refractivity contribution in [3.8, 4) is 5.88 Å². The van der Waals surface area contributed by atoms with E-state index in [2.05, 4.69) is 22.0 Å². The zero-order valence-electron chi connectivity index (χ0n) is 11.5. The first-order chi connectivity index (χ1) is 9.81. The molecule has 2 rings (SSSR count). The van der Waals surface area contributed by atoms with Gasteiger partial charge in [-0.25, -0.2) is 9.67 Å². The molecule has 2 aromatic rings. The van der Waals surface area contributed by atoms with Gasteiger partial charge in [0.15, 0.2) is 0 Å². The number of hydrogen-bond acceptors (Lipinski definition) is 5. The van der Waals surface area contributed by atoms with Crippen LogP contribution in [0.1, 0.15) is 5.56 Å². The molecule has 0 atom stereocenters. The molecule has 0 aliphatic heterocycles. The molecule has 0 aliphatic rings. The van der Waals surface area contributed by atoms with E-state index in [-0.39, 0.29) is 0 Å². The van der Waals surface area contributed by atoms with E-state index in [1.807, 2.05) is 18.3 Å². The number of methoxy groups -OCH3 is 1. The minimum atomic E-state index is 0.497. The first-order valence-electron chi connectivity index (χ1n) is 6.29. The van der Waals surface area contributed by atoms with E-state index in [9.17, 15) is 0 Å². The van der Waals surface area contributed by atoms with Gasteiger partial charge in [0.1, 0.15) is 6.61 Å². The number of nitrogens with zero attached hydrogens (tertiary/aromatic N) is 3. The second-order valence-electron chi connectivity index (χ2n) is 4.09. The summed E-state index contributed by atoms with van der Waals surface area (Å²) in [5.41, 5.74) is 2.00. The predicted octanol–water partition coefficient (Wildman–Crippen LogP) is 2.02. The maximum absolute atomic E-state index is 5.39. The lowest BCUT2D eigenvalue weighted by Gasteiger charge is -2.07. The van der Waals surface area contributed by atoms with Crippen molar-refractivity contribution in [2.45, 2.75) is 6.54 Å². The highest BCUT2D eigenvalue weighted by Gasteiger charge is 1.99. The predicted molar refractivity (Wildman–Crippen MR) is 77.5 cm³/mol. The maximum Gasteiger partial charge on any atom is 0.213 e. The number of pyridine rings is 1. The molecule has 0 saturated carbocycles. The van der Waals surface area contributed by atoms with Gasteiger partial charge in [0.2, 0.25) is 5.88 Å². The van der Waals surface area contributed by atoms with Crippen LogP contribution in [-0.2, 0) is 11.3 Å². The molecule has 0 spiro atoms. The van der Waals surface area contributed by atoms with Crippen molar-refractivity contribution in [2.24, 2.45) is 0 Å². The number of aromatic nitrogens is 3. The average Bonchev–Trinajstić information content (AvgIpc) is 2.95. The normalized spacial score (nSPS) is 10.2. The molecule has 1 N–H and O–H groups in total. The first-order valence-corrected chi connectivity index (χ1v) is 6.29. The van der Waals surface area contributed by atoms with Crippen LogP contribution < -0.4 is 10.1 Å². The fourth-order valence-corrected chi connectivity index (χ4v) is 1.57. The molecule has 0 fully saturated rings. The average molecular weight is 274 g/mol. The standard InChI is InChI=1S/C14H18N4O2/c1-3-18-11-12(9-17-18)8-15-13-4-5-14(16-10-13)20-7-6-19-2/h3-5,9-11,15H,1,6-8H2,2H3. The monoisotopic (exact) mass is 274 g/mol. The van der Waals surface area contributed by atoms with E-state index in [1.54, 1.807) is 30.4 Å². The summed E-state index contributed by atoms with van der Waals surface area (Å²) in [4.78, 5) is 4.21. The number of ether oxygens (including phenoxy) is 2. The van der Waals surface area contributed by atoms with Crippen molar-refractivity contribution in [2.75, 3.05) is 25.6 Å². The van der Waals surface area contributed by atoms with Crippen molar-refractivity contribution in [3.63, 3.8) is 0 Å². The van der Waals surface area contributed by atoms with E-state index < -0.39 is 0 Å². The van der Waals surface area contributed by atoms with Crippen molar-refractivity contribution < 1.29 is 9.47 Å². The van der Waals surface area contributed by atoms with Gasteiger partial charge in [-0.3, -0.25) is 0 Å². The van der Waals surface area contributed by atoms with Crippen LogP contribution in [0, 0.1) is 0 Å². The van der Waals surface area contributed by atoms with Crippen molar-refractivity contribution in [3.05, 3.63) is 42.9 Å². The van der Waals surface area contributed by atoms with Gasteiger partial charge < -0.3 is 14.8 Å².